The maximum absolute atomic E-state index is 4.97. The Kier molecular flexibility index (Phi) is 9.59. The number of hydrogen-bond donors (Lipinski definition) is 0. The lowest BCUT2D eigenvalue weighted by atomic mass is 9.82. The number of rotatable bonds is 8. The third kappa shape index (κ3) is 6.79. The Hall–Kier alpha value is -8.21. The van der Waals surface area contributed by atoms with Crippen LogP contribution in [0.3, 0.4) is 0 Å². The van der Waals surface area contributed by atoms with Gasteiger partial charge in [0, 0.05) is 38.6 Å². The van der Waals surface area contributed by atoms with Crippen LogP contribution in [0.25, 0.3) is 106 Å². The lowest BCUT2D eigenvalue weighted by Gasteiger charge is -2.27. The molecule has 298 valence electrons. The molecular weight excluding hydrogens is 765 g/mol. The fourth-order valence-electron chi connectivity index (χ4n) is 9.15. The first-order chi connectivity index (χ1) is 31.1. The highest BCUT2D eigenvalue weighted by Crippen LogP contribution is 2.49. The van der Waals surface area contributed by atoms with Crippen LogP contribution in [0.5, 0.6) is 0 Å². The van der Waals surface area contributed by atoms with Crippen molar-refractivity contribution in [3.8, 4) is 84.4 Å². The summed E-state index contributed by atoms with van der Waals surface area (Å²) >= 11 is 0. The first-order valence-corrected chi connectivity index (χ1v) is 21.5. The molecule has 4 heteroatoms. The molecular formula is C59H42N4. The number of benzene rings is 9. The van der Waals surface area contributed by atoms with Crippen LogP contribution in [-0.4, -0.2) is 19.5 Å². The van der Waals surface area contributed by atoms with Crippen molar-refractivity contribution in [3.05, 3.63) is 230 Å². The van der Waals surface area contributed by atoms with Crippen LogP contribution in [-0.2, 0) is 0 Å². The van der Waals surface area contributed by atoms with E-state index in [1.807, 2.05) is 60.7 Å². The third-order valence-electron chi connectivity index (χ3n) is 12.3. The minimum absolute atomic E-state index is 0.639. The SMILES string of the molecule is Cc1c(C)c(-c2ccccc2)c(-n2c3ccccc3c3ccccc32)c(-c2ccc(-c3ccc(-c4nc(-c5ccccc5)nc(-c5ccccc5)n4)cc3)cc2)c1-c1ccccc1. The summed E-state index contributed by atoms with van der Waals surface area (Å²) in [6.45, 7) is 4.58. The highest BCUT2D eigenvalue weighted by Gasteiger charge is 2.27. The Morgan fingerprint density at radius 1 is 0.270 bits per heavy atom. The molecule has 0 unspecified atom stereocenters. The molecule has 0 atom stereocenters. The van der Waals surface area contributed by atoms with Crippen LogP contribution < -0.4 is 0 Å². The second-order valence-corrected chi connectivity index (χ2v) is 16.0. The van der Waals surface area contributed by atoms with Gasteiger partial charge in [-0.3, -0.25) is 0 Å². The van der Waals surface area contributed by atoms with Gasteiger partial charge < -0.3 is 4.57 Å². The van der Waals surface area contributed by atoms with Crippen molar-refractivity contribution in [1.82, 2.24) is 19.5 Å². The highest BCUT2D eigenvalue weighted by atomic mass is 15.0. The molecule has 4 nitrogen and oxygen atoms in total. The molecule has 0 bridgehead atoms. The van der Waals surface area contributed by atoms with Crippen LogP contribution in [0, 0.1) is 13.8 Å². The highest BCUT2D eigenvalue weighted by molar-refractivity contribution is 6.12. The number of nitrogens with zero attached hydrogens (tertiary/aromatic N) is 4. The molecule has 0 aliphatic rings. The molecule has 0 spiro atoms. The minimum atomic E-state index is 0.639. The van der Waals surface area contributed by atoms with E-state index in [9.17, 15) is 0 Å². The third-order valence-corrected chi connectivity index (χ3v) is 12.3. The maximum atomic E-state index is 4.97. The van der Waals surface area contributed by atoms with Crippen molar-refractivity contribution in [3.63, 3.8) is 0 Å². The smallest absolute Gasteiger partial charge is 0.164 e. The first-order valence-electron chi connectivity index (χ1n) is 21.5. The van der Waals surface area contributed by atoms with E-state index in [1.54, 1.807) is 0 Å². The van der Waals surface area contributed by atoms with Crippen LogP contribution in [0.4, 0.5) is 0 Å². The molecule has 9 aromatic carbocycles. The lowest BCUT2D eigenvalue weighted by Crippen LogP contribution is -2.06. The van der Waals surface area contributed by atoms with E-state index in [0.717, 1.165) is 33.4 Å². The normalized spacial score (nSPS) is 11.3. The Morgan fingerprint density at radius 2 is 0.571 bits per heavy atom. The van der Waals surface area contributed by atoms with E-state index in [0.29, 0.717) is 17.5 Å². The molecule has 0 fully saturated rings. The van der Waals surface area contributed by atoms with Gasteiger partial charge in [-0.05, 0) is 70.5 Å². The van der Waals surface area contributed by atoms with E-state index in [-0.39, 0.29) is 0 Å². The van der Waals surface area contributed by atoms with Gasteiger partial charge in [-0.15, -0.1) is 0 Å². The van der Waals surface area contributed by atoms with Crippen molar-refractivity contribution in [2.75, 3.05) is 0 Å². The average molecular weight is 807 g/mol. The second-order valence-electron chi connectivity index (χ2n) is 16.0. The molecule has 11 rings (SSSR count). The van der Waals surface area contributed by atoms with Crippen molar-refractivity contribution in [2.24, 2.45) is 0 Å². The largest absolute Gasteiger partial charge is 0.308 e. The average Bonchev–Trinajstić information content (AvgIpc) is 3.69. The lowest BCUT2D eigenvalue weighted by molar-refractivity contribution is 1.07. The summed E-state index contributed by atoms with van der Waals surface area (Å²) in [5, 5.41) is 2.47. The Bertz CT molecular complexity index is 3300. The van der Waals surface area contributed by atoms with Gasteiger partial charge in [0.2, 0.25) is 0 Å². The number of aromatic nitrogens is 4. The van der Waals surface area contributed by atoms with Crippen LogP contribution in [0.1, 0.15) is 11.1 Å². The number of hydrogen-bond acceptors (Lipinski definition) is 3. The zero-order chi connectivity index (χ0) is 42.3. The van der Waals surface area contributed by atoms with E-state index >= 15 is 0 Å². The molecule has 0 aliphatic heterocycles. The van der Waals surface area contributed by atoms with E-state index in [1.165, 1.54) is 66.4 Å². The summed E-state index contributed by atoms with van der Waals surface area (Å²) in [7, 11) is 0. The van der Waals surface area contributed by atoms with E-state index < -0.39 is 0 Å². The van der Waals surface area contributed by atoms with Crippen LogP contribution in [0.2, 0.25) is 0 Å². The molecule has 63 heavy (non-hydrogen) atoms. The zero-order valence-corrected chi connectivity index (χ0v) is 35.1. The molecule has 0 saturated heterocycles. The fraction of sp³-hybridized carbons (Fsp3) is 0.0339. The van der Waals surface area contributed by atoms with Gasteiger partial charge in [0.05, 0.1) is 16.7 Å². The second kappa shape index (κ2) is 16.0. The summed E-state index contributed by atoms with van der Waals surface area (Å²) in [4.78, 5) is 14.8. The Balaban J connectivity index is 1.08. The summed E-state index contributed by atoms with van der Waals surface area (Å²) in [6, 6.07) is 77.3. The first kappa shape index (κ1) is 37.8. The summed E-state index contributed by atoms with van der Waals surface area (Å²) < 4.78 is 2.52. The van der Waals surface area contributed by atoms with Crippen LogP contribution >= 0.6 is 0 Å². The van der Waals surface area contributed by atoms with E-state index in [4.69, 9.17) is 15.0 Å². The molecule has 0 aliphatic carbocycles. The van der Waals surface area contributed by atoms with Crippen molar-refractivity contribution in [2.45, 2.75) is 13.8 Å². The molecule has 0 radical (unpaired) electrons. The molecule has 0 saturated carbocycles. The topological polar surface area (TPSA) is 43.6 Å². The van der Waals surface area contributed by atoms with Gasteiger partial charge in [0.15, 0.2) is 17.5 Å². The molecule has 2 heterocycles. The van der Waals surface area contributed by atoms with Crippen molar-refractivity contribution < 1.29 is 0 Å². The minimum Gasteiger partial charge on any atom is -0.308 e. The summed E-state index contributed by atoms with van der Waals surface area (Å²) in [5.41, 5.74) is 18.4. The zero-order valence-electron chi connectivity index (χ0n) is 35.1. The van der Waals surface area contributed by atoms with Gasteiger partial charge in [-0.2, -0.15) is 0 Å². The molecule has 0 amide bonds. The van der Waals surface area contributed by atoms with Gasteiger partial charge in [0.25, 0.3) is 0 Å². The Morgan fingerprint density at radius 3 is 1.02 bits per heavy atom. The summed E-state index contributed by atoms with van der Waals surface area (Å²) in [5.74, 6) is 1.94. The molecule has 0 N–H and O–H groups in total. The van der Waals surface area contributed by atoms with Gasteiger partial charge in [-0.1, -0.05) is 206 Å². The van der Waals surface area contributed by atoms with E-state index in [2.05, 4.69) is 176 Å². The predicted molar refractivity (Wildman–Crippen MR) is 262 cm³/mol. The monoisotopic (exact) mass is 806 g/mol. The predicted octanol–water partition coefficient (Wildman–Crippen LogP) is 15.3. The van der Waals surface area contributed by atoms with Crippen LogP contribution in [0.15, 0.2) is 218 Å². The van der Waals surface area contributed by atoms with Gasteiger partial charge in [0.1, 0.15) is 0 Å². The van der Waals surface area contributed by atoms with Gasteiger partial charge >= 0.3 is 0 Å². The molecule has 11 aromatic rings. The number of para-hydroxylation sites is 2. The van der Waals surface area contributed by atoms with Crippen molar-refractivity contribution in [1.29, 1.82) is 0 Å². The van der Waals surface area contributed by atoms with Gasteiger partial charge in [-0.25, -0.2) is 15.0 Å². The fourth-order valence-corrected chi connectivity index (χ4v) is 9.15. The number of fused-ring (bicyclic) bond motifs is 3. The molecule has 2 aromatic heterocycles. The standard InChI is InChI=1S/C59H42N4/c1-39-40(2)54(44-21-9-4-10-22-44)56(63-51-29-17-15-27-49(51)50-28-16-18-30-52(50)63)55(53(39)43-19-7-3-8-20-43)45-35-31-41(32-36-45)42-33-37-48(38-34-42)59-61-57(46-23-11-5-12-24-46)60-58(62-59)47-25-13-6-14-26-47/h3-38H,1-2H3. The van der Waals surface area contributed by atoms with Crippen molar-refractivity contribution >= 4 is 21.8 Å². The summed E-state index contributed by atoms with van der Waals surface area (Å²) in [6.07, 6.45) is 0. The quantitative estimate of drug-likeness (QED) is 0.154. The Labute approximate surface area is 367 Å². The maximum Gasteiger partial charge on any atom is 0.164 e.